The smallest absolute Gasteiger partial charge is 0.196 e. The van der Waals surface area contributed by atoms with Gasteiger partial charge in [0.05, 0.1) is 25.1 Å². The number of rotatable bonds is 10. The number of ether oxygens (including phenoxy) is 2. The minimum atomic E-state index is -3.49. The molecule has 3 N–H and O–H groups in total. The van der Waals surface area contributed by atoms with Crippen LogP contribution in [0.25, 0.3) is 0 Å². The first-order chi connectivity index (χ1) is 16.9. The highest BCUT2D eigenvalue weighted by molar-refractivity contribution is 7.91. The highest BCUT2D eigenvalue weighted by atomic mass is 32.2. The summed E-state index contributed by atoms with van der Waals surface area (Å²) in [6.07, 6.45) is -0.245. The summed E-state index contributed by atoms with van der Waals surface area (Å²) in [5.74, 6) is 7.18. The van der Waals surface area contributed by atoms with Crippen molar-refractivity contribution in [1.82, 2.24) is 5.01 Å². The fourth-order valence-corrected chi connectivity index (χ4v) is 4.97. The second-order valence-corrected chi connectivity index (χ2v) is 10.1. The molecule has 0 saturated heterocycles. The summed E-state index contributed by atoms with van der Waals surface area (Å²) in [7, 11) is -1.95. The summed E-state index contributed by atoms with van der Waals surface area (Å²) in [6.45, 7) is 3.94. The van der Waals surface area contributed by atoms with Crippen molar-refractivity contribution < 1.29 is 17.9 Å². The lowest BCUT2D eigenvalue weighted by Crippen LogP contribution is -2.34. The molecule has 3 aromatic carbocycles. The predicted octanol–water partition coefficient (Wildman–Crippen LogP) is 3.60. The van der Waals surface area contributed by atoms with E-state index in [1.165, 1.54) is 0 Å². The van der Waals surface area contributed by atoms with Crippen molar-refractivity contribution in [2.45, 2.75) is 17.9 Å². The van der Waals surface area contributed by atoms with Crippen molar-refractivity contribution >= 4 is 21.4 Å². The van der Waals surface area contributed by atoms with E-state index >= 15 is 0 Å². The van der Waals surface area contributed by atoms with Gasteiger partial charge in [-0.25, -0.2) is 14.3 Å². The molecule has 0 aromatic heterocycles. The molecule has 184 valence electrons. The van der Waals surface area contributed by atoms with Gasteiger partial charge in [0.25, 0.3) is 0 Å². The Labute approximate surface area is 206 Å². The Morgan fingerprint density at radius 1 is 1.00 bits per heavy atom. The SMILES string of the molecule is CCOC(c1ccc(NCS(=O)(=O)c2ccc(OC)cc2)cc1)c1ccc(C2=NCCN2N)cc1. The summed E-state index contributed by atoms with van der Waals surface area (Å²) in [5.41, 5.74) is 3.67. The van der Waals surface area contributed by atoms with Crippen molar-refractivity contribution in [3.63, 3.8) is 0 Å². The maximum absolute atomic E-state index is 12.7. The fraction of sp³-hybridized carbons (Fsp3) is 0.269. The van der Waals surface area contributed by atoms with E-state index in [1.54, 1.807) is 36.4 Å². The van der Waals surface area contributed by atoms with Crippen molar-refractivity contribution in [3.05, 3.63) is 89.5 Å². The van der Waals surface area contributed by atoms with Crippen LogP contribution in [0.5, 0.6) is 5.75 Å². The van der Waals surface area contributed by atoms with E-state index in [0.29, 0.717) is 24.6 Å². The van der Waals surface area contributed by atoms with Crippen LogP contribution >= 0.6 is 0 Å². The average Bonchev–Trinajstić information content (AvgIpc) is 3.32. The third-order valence-electron chi connectivity index (χ3n) is 5.78. The molecule has 8 nitrogen and oxygen atoms in total. The molecule has 0 spiro atoms. The van der Waals surface area contributed by atoms with Crippen LogP contribution in [0.1, 0.15) is 29.7 Å². The first kappa shape index (κ1) is 24.7. The maximum atomic E-state index is 12.7. The standard InChI is InChI=1S/C26H30N4O4S/c1-3-34-25(19-4-6-21(7-5-19)26-28-16-17-30(26)27)20-8-10-22(11-9-20)29-18-35(31,32)24-14-12-23(33-2)13-15-24/h4-15,25,29H,3,16-18,27H2,1-2H3. The van der Waals surface area contributed by atoms with Gasteiger partial charge in [0.2, 0.25) is 0 Å². The third kappa shape index (κ3) is 5.82. The number of nitrogens with two attached hydrogens (primary N) is 1. The number of nitrogens with one attached hydrogen (secondary N) is 1. The van der Waals surface area contributed by atoms with E-state index in [-0.39, 0.29) is 16.9 Å². The molecule has 1 aliphatic rings. The molecule has 3 aromatic rings. The molecule has 1 heterocycles. The van der Waals surface area contributed by atoms with Crippen molar-refractivity contribution in [2.75, 3.05) is 38.0 Å². The minimum Gasteiger partial charge on any atom is -0.497 e. The van der Waals surface area contributed by atoms with Gasteiger partial charge in [0.15, 0.2) is 9.84 Å². The lowest BCUT2D eigenvalue weighted by atomic mass is 9.99. The molecule has 4 rings (SSSR count). The molecule has 0 fully saturated rings. The maximum Gasteiger partial charge on any atom is 0.196 e. The summed E-state index contributed by atoms with van der Waals surface area (Å²) < 4.78 is 36.4. The number of aliphatic imine (C=N–C) groups is 1. The molecule has 0 aliphatic carbocycles. The van der Waals surface area contributed by atoms with Crippen LogP contribution in [0.2, 0.25) is 0 Å². The van der Waals surface area contributed by atoms with Crippen LogP contribution in [0.3, 0.4) is 0 Å². The normalized spacial score (nSPS) is 14.5. The van der Waals surface area contributed by atoms with Crippen LogP contribution in [-0.4, -0.2) is 51.9 Å². The van der Waals surface area contributed by atoms with Crippen molar-refractivity contribution in [2.24, 2.45) is 10.8 Å². The number of benzene rings is 3. The lowest BCUT2D eigenvalue weighted by Gasteiger charge is -2.20. The molecule has 0 radical (unpaired) electrons. The summed E-state index contributed by atoms with van der Waals surface area (Å²) in [6, 6.07) is 22.0. The number of nitrogens with zero attached hydrogens (tertiary/aromatic N) is 2. The Kier molecular flexibility index (Phi) is 7.70. The Morgan fingerprint density at radius 2 is 1.63 bits per heavy atom. The second kappa shape index (κ2) is 10.9. The lowest BCUT2D eigenvalue weighted by molar-refractivity contribution is 0.0913. The zero-order chi connectivity index (χ0) is 24.8. The van der Waals surface area contributed by atoms with Crippen LogP contribution in [0, 0.1) is 0 Å². The molecule has 0 amide bonds. The van der Waals surface area contributed by atoms with Gasteiger partial charge in [0, 0.05) is 17.9 Å². The summed E-state index contributed by atoms with van der Waals surface area (Å²) in [4.78, 5) is 4.70. The third-order valence-corrected chi connectivity index (χ3v) is 7.29. The average molecular weight is 495 g/mol. The molecule has 1 unspecified atom stereocenters. The molecule has 9 heteroatoms. The van der Waals surface area contributed by atoms with Gasteiger partial charge in [0.1, 0.15) is 23.6 Å². The number of hydrogen-bond acceptors (Lipinski definition) is 8. The molecule has 1 atom stereocenters. The Morgan fingerprint density at radius 3 is 2.17 bits per heavy atom. The van der Waals surface area contributed by atoms with Crippen molar-refractivity contribution in [3.8, 4) is 5.75 Å². The van der Waals surface area contributed by atoms with Gasteiger partial charge in [-0.2, -0.15) is 0 Å². The van der Waals surface area contributed by atoms with Gasteiger partial charge in [-0.1, -0.05) is 36.4 Å². The summed E-state index contributed by atoms with van der Waals surface area (Å²) >= 11 is 0. The van der Waals surface area contributed by atoms with E-state index in [4.69, 9.17) is 15.3 Å². The molecule has 1 aliphatic heterocycles. The Bertz CT molecular complexity index is 1260. The quantitative estimate of drug-likeness (QED) is 0.415. The van der Waals surface area contributed by atoms with Crippen LogP contribution in [0.4, 0.5) is 5.69 Å². The van der Waals surface area contributed by atoms with Crippen molar-refractivity contribution in [1.29, 1.82) is 0 Å². The molecule has 0 bridgehead atoms. The molecule has 35 heavy (non-hydrogen) atoms. The Hall–Kier alpha value is -3.40. The first-order valence-corrected chi connectivity index (χ1v) is 13.1. The number of sulfone groups is 1. The van der Waals surface area contributed by atoms with E-state index in [1.807, 2.05) is 55.5 Å². The first-order valence-electron chi connectivity index (χ1n) is 11.4. The zero-order valence-corrected chi connectivity index (χ0v) is 20.7. The summed E-state index contributed by atoms with van der Waals surface area (Å²) in [5, 5.41) is 4.67. The van der Waals surface area contributed by atoms with E-state index in [2.05, 4.69) is 10.3 Å². The number of hydrogen-bond donors (Lipinski definition) is 2. The number of methoxy groups -OCH3 is 1. The highest BCUT2D eigenvalue weighted by Crippen LogP contribution is 2.28. The largest absolute Gasteiger partial charge is 0.497 e. The van der Waals surface area contributed by atoms with Gasteiger partial charge >= 0.3 is 0 Å². The number of amidine groups is 1. The predicted molar refractivity (Wildman–Crippen MR) is 137 cm³/mol. The topological polar surface area (TPSA) is 106 Å². The van der Waals surface area contributed by atoms with Gasteiger partial charge < -0.3 is 14.8 Å². The Balaban J connectivity index is 1.44. The minimum absolute atomic E-state index is 0.211. The van der Waals surface area contributed by atoms with E-state index < -0.39 is 9.84 Å². The number of anilines is 1. The van der Waals surface area contributed by atoms with Crippen LogP contribution in [-0.2, 0) is 14.6 Å². The van der Waals surface area contributed by atoms with Crippen LogP contribution < -0.4 is 15.9 Å². The molecular formula is C26H30N4O4S. The molecule has 0 saturated carbocycles. The fourth-order valence-electron chi connectivity index (χ4n) is 3.90. The van der Waals surface area contributed by atoms with E-state index in [0.717, 1.165) is 29.1 Å². The van der Waals surface area contributed by atoms with Crippen LogP contribution in [0.15, 0.2) is 82.7 Å². The zero-order valence-electron chi connectivity index (χ0n) is 19.8. The number of hydrazine groups is 1. The van der Waals surface area contributed by atoms with Gasteiger partial charge in [-0.3, -0.25) is 10.0 Å². The van der Waals surface area contributed by atoms with Gasteiger partial charge in [-0.15, -0.1) is 0 Å². The van der Waals surface area contributed by atoms with E-state index in [9.17, 15) is 8.42 Å². The highest BCUT2D eigenvalue weighted by Gasteiger charge is 2.19. The van der Waals surface area contributed by atoms with Gasteiger partial charge in [-0.05, 0) is 54.4 Å². The second-order valence-electron chi connectivity index (χ2n) is 8.09. The molecular weight excluding hydrogens is 464 g/mol. The monoisotopic (exact) mass is 494 g/mol.